The van der Waals surface area contributed by atoms with Crippen molar-refractivity contribution in [3.63, 3.8) is 0 Å². The SMILES string of the molecule is O=C(O[B-]OC(=O)c1ccccc1)c1ccccc1.[Na+]. The van der Waals surface area contributed by atoms with Gasteiger partial charge in [0.1, 0.15) is 7.69 Å². The van der Waals surface area contributed by atoms with Crippen LogP contribution in [0.2, 0.25) is 0 Å². The molecule has 94 valence electrons. The number of hydrogen-bond acceptors (Lipinski definition) is 4. The van der Waals surface area contributed by atoms with Gasteiger partial charge < -0.3 is 9.31 Å². The molecule has 6 heteroatoms. The predicted octanol–water partition coefficient (Wildman–Crippen LogP) is -0.761. The van der Waals surface area contributed by atoms with Crippen LogP contribution in [0.15, 0.2) is 60.7 Å². The van der Waals surface area contributed by atoms with E-state index in [1.54, 1.807) is 60.7 Å². The van der Waals surface area contributed by atoms with Gasteiger partial charge in [-0.15, -0.1) is 0 Å². The van der Waals surface area contributed by atoms with Gasteiger partial charge in [-0.2, -0.15) is 0 Å². The fourth-order valence-electron chi connectivity index (χ4n) is 1.40. The van der Waals surface area contributed by atoms with Gasteiger partial charge in [-0.25, -0.2) is 0 Å². The Kier molecular flexibility index (Phi) is 7.08. The molecule has 0 unspecified atom stereocenters. The van der Waals surface area contributed by atoms with Crippen LogP contribution in [0.1, 0.15) is 20.7 Å². The van der Waals surface area contributed by atoms with Crippen molar-refractivity contribution in [2.45, 2.75) is 0 Å². The Morgan fingerprint density at radius 1 is 0.700 bits per heavy atom. The minimum Gasteiger partial charge on any atom is -0.698 e. The van der Waals surface area contributed by atoms with Crippen molar-refractivity contribution < 1.29 is 48.5 Å². The van der Waals surface area contributed by atoms with Crippen LogP contribution < -0.4 is 29.6 Å². The summed E-state index contributed by atoms with van der Waals surface area (Å²) in [6.45, 7) is 0. The van der Waals surface area contributed by atoms with Gasteiger partial charge in [-0.3, -0.25) is 9.59 Å². The summed E-state index contributed by atoms with van der Waals surface area (Å²) in [6, 6.07) is 16.9. The largest absolute Gasteiger partial charge is 1.00 e. The Morgan fingerprint density at radius 3 is 1.40 bits per heavy atom. The van der Waals surface area contributed by atoms with Crippen LogP contribution in [0.3, 0.4) is 0 Å². The number of hydrogen-bond donors (Lipinski definition) is 0. The molecule has 0 bridgehead atoms. The third-order valence-electron chi connectivity index (χ3n) is 2.33. The van der Waals surface area contributed by atoms with Crippen molar-refractivity contribution in [1.82, 2.24) is 0 Å². The standard InChI is InChI=1S/C14H10BO4.Na/c16-13(11-7-3-1-4-8-11)18-15-19-14(17)12-9-5-2-6-10-12;/h1-10H;/q-1;+1. The molecule has 20 heavy (non-hydrogen) atoms. The zero-order chi connectivity index (χ0) is 13.5. The molecule has 2 aromatic carbocycles. The maximum absolute atomic E-state index is 11.5. The molecule has 0 aliphatic carbocycles. The fraction of sp³-hybridized carbons (Fsp3) is 0. The second-order valence-corrected chi connectivity index (χ2v) is 3.64. The second-order valence-electron chi connectivity index (χ2n) is 3.64. The van der Waals surface area contributed by atoms with E-state index in [0.717, 1.165) is 7.69 Å². The minimum atomic E-state index is -0.582. The number of carbonyl (C=O) groups is 2. The Hall–Kier alpha value is -1.56. The van der Waals surface area contributed by atoms with Gasteiger partial charge in [0, 0.05) is 0 Å². The summed E-state index contributed by atoms with van der Waals surface area (Å²) < 4.78 is 9.43. The molecule has 0 atom stereocenters. The molecular formula is C14H10BNaO4. The summed E-state index contributed by atoms with van der Waals surface area (Å²) in [5.74, 6) is -1.16. The molecule has 2 rings (SSSR count). The van der Waals surface area contributed by atoms with Crippen LogP contribution in [0.4, 0.5) is 0 Å². The third-order valence-corrected chi connectivity index (χ3v) is 2.33. The molecule has 0 N–H and O–H groups in total. The molecule has 0 aromatic heterocycles. The van der Waals surface area contributed by atoms with Crippen molar-refractivity contribution in [2.75, 3.05) is 0 Å². The molecule has 0 amide bonds. The molecule has 2 radical (unpaired) electrons. The van der Waals surface area contributed by atoms with Gasteiger partial charge >= 0.3 is 29.6 Å². The first-order valence-corrected chi connectivity index (χ1v) is 5.61. The number of carbonyl (C=O) groups excluding carboxylic acids is 2. The van der Waals surface area contributed by atoms with E-state index in [2.05, 4.69) is 0 Å². The molecule has 0 fully saturated rings. The van der Waals surface area contributed by atoms with Crippen molar-refractivity contribution in [3.8, 4) is 0 Å². The van der Waals surface area contributed by atoms with Crippen molar-refractivity contribution in [2.24, 2.45) is 0 Å². The Morgan fingerprint density at radius 2 is 1.05 bits per heavy atom. The molecule has 0 aliphatic rings. The van der Waals surface area contributed by atoms with Crippen LogP contribution in [0.25, 0.3) is 0 Å². The monoisotopic (exact) mass is 276 g/mol. The summed E-state index contributed by atoms with van der Waals surface area (Å²) in [4.78, 5) is 23.0. The summed E-state index contributed by atoms with van der Waals surface area (Å²) in [5.41, 5.74) is 0.768. The smallest absolute Gasteiger partial charge is 0.698 e. The molecule has 4 nitrogen and oxygen atoms in total. The minimum absolute atomic E-state index is 0. The first kappa shape index (κ1) is 16.5. The maximum atomic E-state index is 11.5. The zero-order valence-electron chi connectivity index (χ0n) is 11.0. The van der Waals surface area contributed by atoms with Gasteiger partial charge in [0.2, 0.25) is 0 Å². The Balaban J connectivity index is 0.00000200. The predicted molar refractivity (Wildman–Crippen MR) is 69.5 cm³/mol. The summed E-state index contributed by atoms with van der Waals surface area (Å²) in [5, 5.41) is 0. The van der Waals surface area contributed by atoms with Crippen LogP contribution in [0, 0.1) is 0 Å². The Labute approximate surface area is 139 Å². The number of benzene rings is 2. The fourth-order valence-corrected chi connectivity index (χ4v) is 1.40. The van der Waals surface area contributed by atoms with Crippen molar-refractivity contribution >= 4 is 19.6 Å². The average molecular weight is 276 g/mol. The van der Waals surface area contributed by atoms with Gasteiger partial charge in [0.15, 0.2) is 0 Å². The van der Waals surface area contributed by atoms with Crippen molar-refractivity contribution in [3.05, 3.63) is 71.8 Å². The van der Waals surface area contributed by atoms with E-state index in [9.17, 15) is 9.59 Å². The van der Waals surface area contributed by atoms with Crippen LogP contribution in [-0.2, 0) is 9.31 Å². The van der Waals surface area contributed by atoms with Gasteiger partial charge in [-0.05, 0) is 24.3 Å². The molecule has 0 saturated carbocycles. The van der Waals surface area contributed by atoms with Crippen LogP contribution in [0.5, 0.6) is 0 Å². The van der Waals surface area contributed by atoms with Gasteiger partial charge in [-0.1, -0.05) is 36.4 Å². The first-order chi connectivity index (χ1) is 9.27. The van der Waals surface area contributed by atoms with E-state index in [-0.39, 0.29) is 29.6 Å². The molecule has 0 saturated heterocycles. The molecule has 0 spiro atoms. The van der Waals surface area contributed by atoms with Gasteiger partial charge in [0.25, 0.3) is 11.9 Å². The first-order valence-electron chi connectivity index (χ1n) is 5.61. The van der Waals surface area contributed by atoms with E-state index < -0.39 is 11.9 Å². The van der Waals surface area contributed by atoms with E-state index in [1.165, 1.54) is 0 Å². The number of rotatable bonds is 4. The van der Waals surface area contributed by atoms with E-state index in [1.807, 2.05) is 0 Å². The molecule has 2 aromatic rings. The van der Waals surface area contributed by atoms with E-state index in [4.69, 9.17) is 9.31 Å². The topological polar surface area (TPSA) is 52.6 Å². The van der Waals surface area contributed by atoms with E-state index >= 15 is 0 Å². The van der Waals surface area contributed by atoms with Gasteiger partial charge in [0.05, 0.1) is 11.1 Å². The zero-order valence-corrected chi connectivity index (χ0v) is 13.0. The average Bonchev–Trinajstić information content (AvgIpc) is 2.49. The third kappa shape index (κ3) is 4.85. The molecular weight excluding hydrogens is 266 g/mol. The summed E-state index contributed by atoms with van der Waals surface area (Å²) >= 11 is 0. The summed E-state index contributed by atoms with van der Waals surface area (Å²) in [6.07, 6.45) is 0. The Bertz CT molecular complexity index is 508. The van der Waals surface area contributed by atoms with E-state index in [0.29, 0.717) is 11.1 Å². The van der Waals surface area contributed by atoms with Crippen molar-refractivity contribution in [1.29, 1.82) is 0 Å². The molecule has 0 heterocycles. The second kappa shape index (κ2) is 8.58. The maximum Gasteiger partial charge on any atom is 1.00 e. The summed E-state index contributed by atoms with van der Waals surface area (Å²) in [7, 11) is 0.741. The van der Waals surface area contributed by atoms with Crippen LogP contribution in [-0.4, -0.2) is 19.6 Å². The van der Waals surface area contributed by atoms with Crippen LogP contribution >= 0.6 is 0 Å². The molecule has 0 aliphatic heterocycles. The normalized spacial score (nSPS) is 9.20. The quantitative estimate of drug-likeness (QED) is 0.689.